The molecule has 0 unspecified atom stereocenters. The summed E-state index contributed by atoms with van der Waals surface area (Å²) in [6, 6.07) is 0. The van der Waals surface area contributed by atoms with Gasteiger partial charge in [0.05, 0.1) is 0 Å². The van der Waals surface area contributed by atoms with E-state index >= 15 is 0 Å². The van der Waals surface area contributed by atoms with Gasteiger partial charge in [-0.05, 0) is 6.92 Å². The number of carboxylic acids is 1. The number of alkyl halides is 6. The Morgan fingerprint density at radius 2 is 1.47 bits per heavy atom. The largest absolute Gasteiger partial charge is 0.478 e. The van der Waals surface area contributed by atoms with Crippen LogP contribution in [-0.2, 0) is 4.79 Å². The van der Waals surface area contributed by atoms with E-state index in [1.807, 2.05) is 0 Å². The fourth-order valence-electron chi connectivity index (χ4n) is 0.780. The molecule has 0 bridgehead atoms. The fourth-order valence-corrected chi connectivity index (χ4v) is 0.780. The van der Waals surface area contributed by atoms with Gasteiger partial charge in [0.1, 0.15) is 0 Å². The number of aliphatic carboxylic acids is 1. The van der Waals surface area contributed by atoms with Gasteiger partial charge in [0, 0.05) is 12.0 Å². The molecule has 0 aromatic carbocycles. The van der Waals surface area contributed by atoms with Crippen LogP contribution in [0.5, 0.6) is 0 Å². The third-order valence-electron chi connectivity index (χ3n) is 1.98. The minimum atomic E-state index is -5.94. The molecule has 0 saturated heterocycles. The molecule has 0 aliphatic heterocycles. The van der Waals surface area contributed by atoms with E-state index in [1.54, 1.807) is 0 Å². The Morgan fingerprint density at radius 3 is 1.71 bits per heavy atom. The van der Waals surface area contributed by atoms with Crippen LogP contribution in [0.2, 0.25) is 0 Å². The number of carbonyl (C=O) groups is 1. The first-order valence-corrected chi connectivity index (χ1v) is 4.09. The summed E-state index contributed by atoms with van der Waals surface area (Å²) in [6.45, 7) is 0.815. The van der Waals surface area contributed by atoms with Crippen LogP contribution in [0.1, 0.15) is 13.3 Å². The molecule has 0 radical (unpaired) electrons. The van der Waals surface area contributed by atoms with Crippen LogP contribution in [-0.4, -0.2) is 34.1 Å². The molecule has 0 heterocycles. The Kier molecular flexibility index (Phi) is 4.22. The smallest absolute Gasteiger partial charge is 0.426 e. The standard InChI is InChI=1S/C8H8F6O3/c1-4(5(15)16)2-3-6(17,7(9,10)11)8(12,13)14/h2,17H,3H2,1H3,(H,15,16). The Balaban J connectivity index is 5.28. The quantitative estimate of drug-likeness (QED) is 0.608. The van der Waals surface area contributed by atoms with Crippen molar-refractivity contribution in [2.75, 3.05) is 0 Å². The molecule has 3 nitrogen and oxygen atoms in total. The molecular formula is C8H8F6O3. The molecule has 0 amide bonds. The van der Waals surface area contributed by atoms with Crippen LogP contribution < -0.4 is 0 Å². The maximum absolute atomic E-state index is 12.1. The Morgan fingerprint density at radius 1 is 1.12 bits per heavy atom. The third kappa shape index (κ3) is 3.35. The lowest BCUT2D eigenvalue weighted by Gasteiger charge is -2.31. The maximum Gasteiger partial charge on any atom is 0.426 e. The van der Waals surface area contributed by atoms with E-state index in [9.17, 15) is 31.1 Å². The van der Waals surface area contributed by atoms with Gasteiger partial charge in [-0.3, -0.25) is 0 Å². The van der Waals surface area contributed by atoms with Crippen LogP contribution >= 0.6 is 0 Å². The van der Waals surface area contributed by atoms with Crippen molar-refractivity contribution in [2.45, 2.75) is 31.3 Å². The molecule has 100 valence electrons. The van der Waals surface area contributed by atoms with Gasteiger partial charge in [-0.15, -0.1) is 0 Å². The van der Waals surface area contributed by atoms with E-state index in [0.717, 1.165) is 6.92 Å². The molecule has 0 saturated carbocycles. The molecule has 0 aliphatic carbocycles. The summed E-state index contributed by atoms with van der Waals surface area (Å²) >= 11 is 0. The first-order chi connectivity index (χ1) is 7.33. The Bertz CT molecular complexity index is 313. The van der Waals surface area contributed by atoms with Gasteiger partial charge in [0.2, 0.25) is 0 Å². The lowest BCUT2D eigenvalue weighted by atomic mass is 9.97. The summed E-state index contributed by atoms with van der Waals surface area (Å²) in [5.74, 6) is -1.67. The molecule has 0 atom stereocenters. The third-order valence-corrected chi connectivity index (χ3v) is 1.98. The number of rotatable bonds is 3. The zero-order valence-electron chi connectivity index (χ0n) is 8.35. The lowest BCUT2D eigenvalue weighted by Crippen LogP contribution is -2.56. The van der Waals surface area contributed by atoms with E-state index in [2.05, 4.69) is 0 Å². The van der Waals surface area contributed by atoms with Crippen LogP contribution in [0.3, 0.4) is 0 Å². The number of hydrogen-bond donors (Lipinski definition) is 2. The summed E-state index contributed by atoms with van der Waals surface area (Å²) in [6.07, 6.45) is -13.6. The predicted octanol–water partition coefficient (Wildman–Crippen LogP) is 2.26. The zero-order valence-corrected chi connectivity index (χ0v) is 8.35. The number of aliphatic hydroxyl groups is 1. The summed E-state index contributed by atoms with van der Waals surface area (Å²) in [4.78, 5) is 10.2. The molecule has 17 heavy (non-hydrogen) atoms. The van der Waals surface area contributed by atoms with Crippen LogP contribution in [0.4, 0.5) is 26.3 Å². The van der Waals surface area contributed by atoms with E-state index in [0.29, 0.717) is 0 Å². The zero-order chi connectivity index (χ0) is 14.1. The molecule has 0 aromatic rings. The highest BCUT2D eigenvalue weighted by Gasteiger charge is 2.69. The van der Waals surface area contributed by atoms with Crippen molar-refractivity contribution in [3.8, 4) is 0 Å². The monoisotopic (exact) mass is 266 g/mol. The van der Waals surface area contributed by atoms with Crippen molar-refractivity contribution in [3.05, 3.63) is 11.6 Å². The minimum absolute atomic E-state index is 0.170. The Hall–Kier alpha value is -1.25. The highest BCUT2D eigenvalue weighted by Crippen LogP contribution is 2.45. The van der Waals surface area contributed by atoms with Gasteiger partial charge in [0.15, 0.2) is 0 Å². The van der Waals surface area contributed by atoms with Crippen LogP contribution in [0.15, 0.2) is 11.6 Å². The van der Waals surface area contributed by atoms with Gasteiger partial charge in [-0.1, -0.05) is 6.08 Å². The molecule has 0 aliphatic rings. The molecule has 0 aromatic heterocycles. The summed E-state index contributed by atoms with van der Waals surface area (Å²) in [7, 11) is 0. The van der Waals surface area contributed by atoms with Gasteiger partial charge >= 0.3 is 18.3 Å². The van der Waals surface area contributed by atoms with Gasteiger partial charge in [-0.25, -0.2) is 4.79 Å². The second-order valence-corrected chi connectivity index (χ2v) is 3.25. The second-order valence-electron chi connectivity index (χ2n) is 3.25. The van der Waals surface area contributed by atoms with Crippen molar-refractivity contribution in [1.82, 2.24) is 0 Å². The van der Waals surface area contributed by atoms with E-state index < -0.39 is 35.9 Å². The minimum Gasteiger partial charge on any atom is -0.478 e. The number of carboxylic acid groups (broad SMARTS) is 1. The van der Waals surface area contributed by atoms with Crippen LogP contribution in [0.25, 0.3) is 0 Å². The SMILES string of the molecule is CC(=CCC(O)(C(F)(F)F)C(F)(F)F)C(=O)O. The predicted molar refractivity (Wildman–Crippen MR) is 43.1 cm³/mol. The molecule has 0 spiro atoms. The van der Waals surface area contributed by atoms with Gasteiger partial charge < -0.3 is 10.2 Å². The van der Waals surface area contributed by atoms with E-state index in [-0.39, 0.29) is 6.08 Å². The normalized spacial score (nSPS) is 14.9. The van der Waals surface area contributed by atoms with Crippen molar-refractivity contribution in [2.24, 2.45) is 0 Å². The Labute approximate surface area is 91.3 Å². The second kappa shape index (κ2) is 4.55. The molecule has 0 fully saturated rings. The highest BCUT2D eigenvalue weighted by atomic mass is 19.4. The van der Waals surface area contributed by atoms with Crippen LogP contribution in [0, 0.1) is 0 Å². The van der Waals surface area contributed by atoms with Crippen molar-refractivity contribution < 1.29 is 41.4 Å². The van der Waals surface area contributed by atoms with Gasteiger partial charge in [0.25, 0.3) is 5.60 Å². The van der Waals surface area contributed by atoms with Crippen molar-refractivity contribution in [3.63, 3.8) is 0 Å². The van der Waals surface area contributed by atoms with Crippen molar-refractivity contribution in [1.29, 1.82) is 0 Å². The van der Waals surface area contributed by atoms with E-state index in [1.165, 1.54) is 0 Å². The average molecular weight is 266 g/mol. The highest BCUT2D eigenvalue weighted by molar-refractivity contribution is 5.85. The fraction of sp³-hybridized carbons (Fsp3) is 0.625. The molecule has 2 N–H and O–H groups in total. The lowest BCUT2D eigenvalue weighted by molar-refractivity contribution is -0.366. The summed E-state index contributed by atoms with van der Waals surface area (Å²) in [5.41, 5.74) is -5.67. The molecule has 0 rings (SSSR count). The first-order valence-electron chi connectivity index (χ1n) is 4.09. The molecule has 9 heteroatoms. The van der Waals surface area contributed by atoms with E-state index in [4.69, 9.17) is 10.2 Å². The first kappa shape index (κ1) is 15.8. The maximum atomic E-state index is 12.1. The topological polar surface area (TPSA) is 57.5 Å². The van der Waals surface area contributed by atoms with Crippen molar-refractivity contribution >= 4 is 5.97 Å². The number of halogens is 6. The number of hydrogen-bond acceptors (Lipinski definition) is 2. The summed E-state index contributed by atoms with van der Waals surface area (Å²) in [5, 5.41) is 16.9. The average Bonchev–Trinajstić information content (AvgIpc) is 2.09. The van der Waals surface area contributed by atoms with Gasteiger partial charge in [-0.2, -0.15) is 26.3 Å². The molecular weight excluding hydrogens is 258 g/mol. The summed E-state index contributed by atoms with van der Waals surface area (Å²) < 4.78 is 72.6.